The van der Waals surface area contributed by atoms with Crippen LogP contribution in [0.3, 0.4) is 0 Å². The van der Waals surface area contributed by atoms with Gasteiger partial charge in [0, 0.05) is 18.2 Å². The van der Waals surface area contributed by atoms with Gasteiger partial charge in [-0.05, 0) is 59.9 Å². The molecule has 1 saturated heterocycles. The van der Waals surface area contributed by atoms with Gasteiger partial charge in [0.1, 0.15) is 5.82 Å². The molecule has 1 aromatic carbocycles. The minimum absolute atomic E-state index is 0.121. The first kappa shape index (κ1) is 13.5. The van der Waals surface area contributed by atoms with Crippen molar-refractivity contribution in [2.24, 2.45) is 11.7 Å². The van der Waals surface area contributed by atoms with E-state index in [1.807, 2.05) is 6.92 Å². The third-order valence-electron chi connectivity index (χ3n) is 3.42. The van der Waals surface area contributed by atoms with E-state index in [2.05, 4.69) is 15.9 Å². The highest BCUT2D eigenvalue weighted by atomic mass is 79.9. The number of hydrogen-bond donors (Lipinski definition) is 1. The molecule has 1 aliphatic heterocycles. The summed E-state index contributed by atoms with van der Waals surface area (Å²) in [5.74, 6) is -0.183. The smallest absolute Gasteiger partial charge is 0.254 e. The largest absolute Gasteiger partial charge is 0.336 e. The van der Waals surface area contributed by atoms with Crippen LogP contribution in [0.5, 0.6) is 0 Å². The van der Waals surface area contributed by atoms with E-state index in [-0.39, 0.29) is 11.9 Å². The van der Waals surface area contributed by atoms with Crippen molar-refractivity contribution in [1.29, 1.82) is 0 Å². The highest BCUT2D eigenvalue weighted by Gasteiger charge is 2.32. The van der Waals surface area contributed by atoms with Gasteiger partial charge in [0.15, 0.2) is 0 Å². The Kier molecular flexibility index (Phi) is 4.02. The number of amides is 1. The van der Waals surface area contributed by atoms with Crippen molar-refractivity contribution < 1.29 is 9.18 Å². The Morgan fingerprint density at radius 2 is 2.33 bits per heavy atom. The third-order valence-corrected chi connectivity index (χ3v) is 4.07. The Labute approximate surface area is 114 Å². The molecule has 1 aliphatic rings. The zero-order chi connectivity index (χ0) is 13.3. The van der Waals surface area contributed by atoms with Gasteiger partial charge < -0.3 is 10.6 Å². The molecule has 1 heterocycles. The lowest BCUT2D eigenvalue weighted by atomic mass is 10.1. The Morgan fingerprint density at radius 3 is 2.89 bits per heavy atom. The maximum Gasteiger partial charge on any atom is 0.254 e. The average Bonchev–Trinajstić information content (AvgIpc) is 2.73. The van der Waals surface area contributed by atoms with Gasteiger partial charge in [0.2, 0.25) is 0 Å². The highest BCUT2D eigenvalue weighted by molar-refractivity contribution is 9.10. The molecule has 0 spiro atoms. The summed E-state index contributed by atoms with van der Waals surface area (Å²) in [6.45, 7) is 3.25. The number of carbonyl (C=O) groups is 1. The van der Waals surface area contributed by atoms with E-state index in [9.17, 15) is 9.18 Å². The number of rotatable bonds is 2. The predicted octanol–water partition coefficient (Wildman–Crippen LogP) is 2.40. The monoisotopic (exact) mass is 314 g/mol. The van der Waals surface area contributed by atoms with E-state index in [0.29, 0.717) is 29.0 Å². The van der Waals surface area contributed by atoms with Crippen LogP contribution in [0.2, 0.25) is 0 Å². The SMILES string of the molecule is CC1CC(CN)CN1C(=O)c1ccc(Br)c(F)c1. The van der Waals surface area contributed by atoms with Gasteiger partial charge in [-0.2, -0.15) is 0 Å². The number of carbonyl (C=O) groups excluding carboxylic acids is 1. The minimum atomic E-state index is -0.414. The molecule has 2 N–H and O–H groups in total. The standard InChI is InChI=1S/C13H16BrFN2O/c1-8-4-9(6-16)7-17(8)13(18)10-2-3-11(14)12(15)5-10/h2-3,5,8-9H,4,6-7,16H2,1H3. The van der Waals surface area contributed by atoms with Crippen molar-refractivity contribution in [2.45, 2.75) is 19.4 Å². The van der Waals surface area contributed by atoms with Crippen molar-refractivity contribution in [3.05, 3.63) is 34.1 Å². The number of likely N-dealkylation sites (tertiary alicyclic amines) is 1. The minimum Gasteiger partial charge on any atom is -0.336 e. The fourth-order valence-corrected chi connectivity index (χ4v) is 2.64. The zero-order valence-corrected chi connectivity index (χ0v) is 11.8. The summed E-state index contributed by atoms with van der Waals surface area (Å²) in [7, 11) is 0. The second-order valence-corrected chi connectivity index (χ2v) is 5.63. The first-order valence-corrected chi connectivity index (χ1v) is 6.78. The van der Waals surface area contributed by atoms with Gasteiger partial charge in [0.05, 0.1) is 4.47 Å². The molecule has 2 atom stereocenters. The Balaban J connectivity index is 2.18. The van der Waals surface area contributed by atoms with Crippen molar-refractivity contribution in [3.8, 4) is 0 Å². The lowest BCUT2D eigenvalue weighted by Crippen LogP contribution is -2.34. The number of nitrogens with two attached hydrogens (primary N) is 1. The van der Waals surface area contributed by atoms with Crippen LogP contribution in [-0.2, 0) is 0 Å². The molecule has 3 nitrogen and oxygen atoms in total. The van der Waals surface area contributed by atoms with Crippen LogP contribution >= 0.6 is 15.9 Å². The van der Waals surface area contributed by atoms with Crippen LogP contribution in [0.4, 0.5) is 4.39 Å². The Morgan fingerprint density at radius 1 is 1.61 bits per heavy atom. The third kappa shape index (κ3) is 2.57. The maximum atomic E-state index is 13.4. The van der Waals surface area contributed by atoms with Crippen LogP contribution in [0.1, 0.15) is 23.7 Å². The van der Waals surface area contributed by atoms with Gasteiger partial charge in [-0.3, -0.25) is 4.79 Å². The molecule has 2 rings (SSSR count). The summed E-state index contributed by atoms with van der Waals surface area (Å²) in [5.41, 5.74) is 6.03. The number of halogens is 2. The normalized spacial score (nSPS) is 23.4. The van der Waals surface area contributed by atoms with Crippen LogP contribution in [-0.4, -0.2) is 29.9 Å². The van der Waals surface area contributed by atoms with E-state index in [4.69, 9.17) is 5.73 Å². The Hall–Kier alpha value is -0.940. The van der Waals surface area contributed by atoms with E-state index in [0.717, 1.165) is 6.42 Å². The highest BCUT2D eigenvalue weighted by Crippen LogP contribution is 2.25. The lowest BCUT2D eigenvalue weighted by Gasteiger charge is -2.21. The Bertz CT molecular complexity index is 466. The molecule has 0 aromatic heterocycles. The lowest BCUT2D eigenvalue weighted by molar-refractivity contribution is 0.0743. The molecule has 1 aromatic rings. The summed E-state index contributed by atoms with van der Waals surface area (Å²) < 4.78 is 13.8. The quantitative estimate of drug-likeness (QED) is 0.911. The van der Waals surface area contributed by atoms with E-state index >= 15 is 0 Å². The molecule has 0 aliphatic carbocycles. The van der Waals surface area contributed by atoms with Crippen molar-refractivity contribution in [1.82, 2.24) is 4.90 Å². The number of benzene rings is 1. The van der Waals surface area contributed by atoms with Crippen molar-refractivity contribution in [3.63, 3.8) is 0 Å². The molecular weight excluding hydrogens is 299 g/mol. The second kappa shape index (κ2) is 5.36. The fourth-order valence-electron chi connectivity index (χ4n) is 2.39. The molecule has 18 heavy (non-hydrogen) atoms. The van der Waals surface area contributed by atoms with E-state index in [1.54, 1.807) is 17.0 Å². The second-order valence-electron chi connectivity index (χ2n) is 4.77. The molecule has 0 radical (unpaired) electrons. The van der Waals surface area contributed by atoms with Gasteiger partial charge in [-0.25, -0.2) is 4.39 Å². The maximum absolute atomic E-state index is 13.4. The molecular formula is C13H16BrFN2O. The van der Waals surface area contributed by atoms with E-state index < -0.39 is 5.82 Å². The molecule has 2 unspecified atom stereocenters. The van der Waals surface area contributed by atoms with Crippen LogP contribution in [0, 0.1) is 11.7 Å². The van der Waals surface area contributed by atoms with Crippen LogP contribution < -0.4 is 5.73 Å². The predicted molar refractivity (Wildman–Crippen MR) is 71.8 cm³/mol. The fraction of sp³-hybridized carbons (Fsp3) is 0.462. The molecule has 1 amide bonds. The summed E-state index contributed by atoms with van der Waals surface area (Å²) in [5, 5.41) is 0. The zero-order valence-electron chi connectivity index (χ0n) is 10.2. The average molecular weight is 315 g/mol. The van der Waals surface area contributed by atoms with Gasteiger partial charge in [-0.1, -0.05) is 0 Å². The topological polar surface area (TPSA) is 46.3 Å². The molecule has 1 fully saturated rings. The summed E-state index contributed by atoms with van der Waals surface area (Å²) in [6, 6.07) is 4.63. The van der Waals surface area contributed by atoms with Crippen molar-refractivity contribution in [2.75, 3.05) is 13.1 Å². The molecule has 5 heteroatoms. The number of hydrogen-bond acceptors (Lipinski definition) is 2. The van der Waals surface area contributed by atoms with E-state index in [1.165, 1.54) is 6.07 Å². The van der Waals surface area contributed by atoms with Crippen molar-refractivity contribution >= 4 is 21.8 Å². The summed E-state index contributed by atoms with van der Waals surface area (Å²) in [6.07, 6.45) is 0.918. The summed E-state index contributed by atoms with van der Waals surface area (Å²) >= 11 is 3.08. The molecule has 98 valence electrons. The molecule has 0 saturated carbocycles. The van der Waals surface area contributed by atoms with Gasteiger partial charge in [0.25, 0.3) is 5.91 Å². The first-order valence-electron chi connectivity index (χ1n) is 5.99. The van der Waals surface area contributed by atoms with Gasteiger partial charge >= 0.3 is 0 Å². The van der Waals surface area contributed by atoms with Crippen LogP contribution in [0.25, 0.3) is 0 Å². The molecule has 0 bridgehead atoms. The summed E-state index contributed by atoms with van der Waals surface area (Å²) in [4.78, 5) is 14.1. The number of nitrogens with zero attached hydrogens (tertiary/aromatic N) is 1. The van der Waals surface area contributed by atoms with Gasteiger partial charge in [-0.15, -0.1) is 0 Å². The van der Waals surface area contributed by atoms with Crippen LogP contribution in [0.15, 0.2) is 22.7 Å². The first-order chi connectivity index (χ1) is 8.52.